The number of hydrogen-bond acceptors (Lipinski definition) is 4. The van der Waals surface area contributed by atoms with Crippen LogP contribution in [-0.4, -0.2) is 22.1 Å². The molecule has 160 valence electrons. The van der Waals surface area contributed by atoms with Crippen LogP contribution in [0.15, 0.2) is 65.7 Å². The molecule has 0 radical (unpaired) electrons. The van der Waals surface area contributed by atoms with Crippen LogP contribution >= 0.6 is 0 Å². The highest BCUT2D eigenvalue weighted by Gasteiger charge is 2.43. The van der Waals surface area contributed by atoms with E-state index >= 15 is 0 Å². The molecular formula is C22H18F3N3O3. The Morgan fingerprint density at radius 2 is 1.94 bits per heavy atom. The van der Waals surface area contributed by atoms with Crippen LogP contribution in [0.5, 0.6) is 5.75 Å². The minimum Gasteiger partial charge on any atom is -0.491 e. The molecule has 4 rings (SSSR count). The molecule has 0 aliphatic carbocycles. The van der Waals surface area contributed by atoms with Crippen LogP contribution < -0.4 is 15.6 Å². The number of nitrogens with zero attached hydrogens (tertiary/aromatic N) is 2. The van der Waals surface area contributed by atoms with E-state index in [1.165, 1.54) is 41.2 Å². The summed E-state index contributed by atoms with van der Waals surface area (Å²) in [5.74, 6) is -0.117. The van der Waals surface area contributed by atoms with Crippen molar-refractivity contribution >= 4 is 5.91 Å². The predicted octanol–water partition coefficient (Wildman–Crippen LogP) is 3.26. The van der Waals surface area contributed by atoms with Crippen LogP contribution in [0.4, 0.5) is 13.2 Å². The van der Waals surface area contributed by atoms with Gasteiger partial charge in [0.1, 0.15) is 17.0 Å². The van der Waals surface area contributed by atoms with E-state index in [4.69, 9.17) is 4.74 Å². The Bertz CT molecular complexity index is 1190. The Kier molecular flexibility index (Phi) is 5.04. The van der Waals surface area contributed by atoms with E-state index in [2.05, 4.69) is 10.3 Å². The van der Waals surface area contributed by atoms with Crippen LogP contribution in [0.3, 0.4) is 0 Å². The molecule has 2 aromatic heterocycles. The molecular weight excluding hydrogens is 411 g/mol. The average molecular weight is 429 g/mol. The summed E-state index contributed by atoms with van der Waals surface area (Å²) in [5.41, 5.74) is -1.42. The maximum absolute atomic E-state index is 13.1. The number of amides is 1. The number of pyridine rings is 2. The van der Waals surface area contributed by atoms with E-state index in [-0.39, 0.29) is 24.2 Å². The van der Waals surface area contributed by atoms with Gasteiger partial charge in [-0.1, -0.05) is 12.1 Å². The normalized spacial score (nSPS) is 18.1. The fraction of sp³-hybridized carbons (Fsp3) is 0.227. The third-order valence-electron chi connectivity index (χ3n) is 5.31. The van der Waals surface area contributed by atoms with Gasteiger partial charge in [-0.15, -0.1) is 0 Å². The second-order valence-corrected chi connectivity index (χ2v) is 7.25. The summed E-state index contributed by atoms with van der Waals surface area (Å²) < 4.78 is 46.2. The molecule has 0 saturated heterocycles. The van der Waals surface area contributed by atoms with Crippen molar-refractivity contribution in [1.82, 2.24) is 14.9 Å². The first kappa shape index (κ1) is 20.6. The number of ether oxygens (including phenoxy) is 1. The summed E-state index contributed by atoms with van der Waals surface area (Å²) in [5, 5.41) is 2.92. The van der Waals surface area contributed by atoms with E-state index < -0.39 is 23.2 Å². The molecule has 1 atom stereocenters. The first-order valence-electron chi connectivity index (χ1n) is 9.46. The SMILES string of the molecule is Cn1ccc(C(=O)NC2(c3ccc(C(F)(F)F)cc3)CCOc3cccnc32)cc1=O. The van der Waals surface area contributed by atoms with Gasteiger partial charge in [-0.3, -0.25) is 14.6 Å². The van der Waals surface area contributed by atoms with Crippen LogP contribution in [-0.2, 0) is 18.8 Å². The third-order valence-corrected chi connectivity index (χ3v) is 5.31. The van der Waals surface area contributed by atoms with Crippen molar-refractivity contribution in [3.05, 3.63) is 93.7 Å². The highest BCUT2D eigenvalue weighted by Crippen LogP contribution is 2.41. The van der Waals surface area contributed by atoms with Crippen molar-refractivity contribution in [2.45, 2.75) is 18.1 Å². The first-order chi connectivity index (χ1) is 14.7. The Hall–Kier alpha value is -3.62. The summed E-state index contributed by atoms with van der Waals surface area (Å²) in [4.78, 5) is 29.4. The average Bonchev–Trinajstić information content (AvgIpc) is 2.75. The van der Waals surface area contributed by atoms with E-state index in [1.807, 2.05) is 0 Å². The fourth-order valence-electron chi connectivity index (χ4n) is 3.63. The predicted molar refractivity (Wildman–Crippen MR) is 106 cm³/mol. The second kappa shape index (κ2) is 7.57. The first-order valence-corrected chi connectivity index (χ1v) is 9.46. The molecule has 0 bridgehead atoms. The molecule has 1 N–H and O–H groups in total. The highest BCUT2D eigenvalue weighted by atomic mass is 19.4. The van der Waals surface area contributed by atoms with Crippen molar-refractivity contribution in [3.8, 4) is 5.75 Å². The minimum atomic E-state index is -4.48. The number of alkyl halides is 3. The molecule has 1 aliphatic rings. The molecule has 0 spiro atoms. The lowest BCUT2D eigenvalue weighted by Crippen LogP contribution is -2.50. The lowest BCUT2D eigenvalue weighted by Gasteiger charge is -2.39. The largest absolute Gasteiger partial charge is 0.491 e. The molecule has 1 unspecified atom stereocenters. The van der Waals surface area contributed by atoms with Crippen LogP contribution in [0.25, 0.3) is 0 Å². The summed E-state index contributed by atoms with van der Waals surface area (Å²) in [6.07, 6.45) is -1.24. The van der Waals surface area contributed by atoms with Gasteiger partial charge in [0.25, 0.3) is 11.5 Å². The number of nitrogens with one attached hydrogen (secondary N) is 1. The lowest BCUT2D eigenvalue weighted by atomic mass is 9.81. The van der Waals surface area contributed by atoms with Crippen molar-refractivity contribution in [3.63, 3.8) is 0 Å². The van der Waals surface area contributed by atoms with Crippen LogP contribution in [0.2, 0.25) is 0 Å². The monoisotopic (exact) mass is 429 g/mol. The molecule has 6 nitrogen and oxygen atoms in total. The maximum atomic E-state index is 13.1. The van der Waals surface area contributed by atoms with Gasteiger partial charge in [0.15, 0.2) is 0 Å². The summed E-state index contributed by atoms with van der Waals surface area (Å²) in [7, 11) is 1.56. The molecule has 3 aromatic rings. The molecule has 0 saturated carbocycles. The number of aryl methyl sites for hydroxylation is 1. The van der Waals surface area contributed by atoms with Gasteiger partial charge in [0, 0.05) is 37.5 Å². The highest BCUT2D eigenvalue weighted by molar-refractivity contribution is 5.95. The minimum absolute atomic E-state index is 0.137. The molecule has 1 amide bonds. The van der Waals surface area contributed by atoms with Crippen molar-refractivity contribution in [1.29, 1.82) is 0 Å². The van der Waals surface area contributed by atoms with Gasteiger partial charge >= 0.3 is 6.18 Å². The number of aromatic nitrogens is 2. The molecule has 9 heteroatoms. The van der Waals surface area contributed by atoms with Gasteiger partial charge in [-0.25, -0.2) is 0 Å². The van der Waals surface area contributed by atoms with Crippen LogP contribution in [0, 0.1) is 0 Å². The number of carbonyl (C=O) groups is 1. The zero-order valence-corrected chi connectivity index (χ0v) is 16.4. The quantitative estimate of drug-likeness (QED) is 0.694. The number of fused-ring (bicyclic) bond motifs is 1. The van der Waals surface area contributed by atoms with Crippen molar-refractivity contribution < 1.29 is 22.7 Å². The Labute approximate surface area is 175 Å². The number of halogens is 3. The van der Waals surface area contributed by atoms with Gasteiger partial charge in [0.05, 0.1) is 12.2 Å². The Morgan fingerprint density at radius 1 is 1.19 bits per heavy atom. The molecule has 3 heterocycles. The molecule has 0 fully saturated rings. The summed E-state index contributed by atoms with van der Waals surface area (Å²) >= 11 is 0. The summed E-state index contributed by atoms with van der Waals surface area (Å²) in [6.45, 7) is 0.219. The van der Waals surface area contributed by atoms with E-state index in [0.717, 1.165) is 12.1 Å². The summed E-state index contributed by atoms with van der Waals surface area (Å²) in [6, 6.07) is 10.7. The van der Waals surface area contributed by atoms with Gasteiger partial charge < -0.3 is 14.6 Å². The van der Waals surface area contributed by atoms with Gasteiger partial charge in [-0.2, -0.15) is 13.2 Å². The molecule has 1 aromatic carbocycles. The van der Waals surface area contributed by atoms with Crippen molar-refractivity contribution in [2.75, 3.05) is 6.61 Å². The standard InChI is InChI=1S/C22H18F3N3O3/c1-28-11-8-14(13-18(28)29)20(30)27-21(9-12-31-17-3-2-10-26-19(17)21)15-4-6-16(7-5-15)22(23,24)25/h2-8,10-11,13H,9,12H2,1H3,(H,27,30). The smallest absolute Gasteiger partial charge is 0.416 e. The molecule has 1 aliphatic heterocycles. The van der Waals surface area contributed by atoms with E-state index in [0.29, 0.717) is 17.0 Å². The fourth-order valence-corrected chi connectivity index (χ4v) is 3.63. The maximum Gasteiger partial charge on any atom is 0.416 e. The van der Waals surface area contributed by atoms with E-state index in [1.54, 1.807) is 19.2 Å². The number of carbonyl (C=O) groups excluding carboxylic acids is 1. The number of benzene rings is 1. The zero-order chi connectivity index (χ0) is 22.2. The third kappa shape index (κ3) is 3.78. The lowest BCUT2D eigenvalue weighted by molar-refractivity contribution is -0.137. The van der Waals surface area contributed by atoms with Crippen molar-refractivity contribution in [2.24, 2.45) is 7.05 Å². The second-order valence-electron chi connectivity index (χ2n) is 7.25. The topological polar surface area (TPSA) is 73.2 Å². The number of rotatable bonds is 3. The Balaban J connectivity index is 1.82. The zero-order valence-electron chi connectivity index (χ0n) is 16.4. The van der Waals surface area contributed by atoms with E-state index in [9.17, 15) is 22.8 Å². The Morgan fingerprint density at radius 3 is 2.61 bits per heavy atom. The van der Waals surface area contributed by atoms with Crippen LogP contribution in [0.1, 0.15) is 33.6 Å². The molecule has 31 heavy (non-hydrogen) atoms. The van der Waals surface area contributed by atoms with Gasteiger partial charge in [-0.05, 0) is 35.9 Å². The van der Waals surface area contributed by atoms with Gasteiger partial charge in [0.2, 0.25) is 0 Å². The number of hydrogen-bond donors (Lipinski definition) is 1.